The maximum atomic E-state index is 7.18. The summed E-state index contributed by atoms with van der Waals surface area (Å²) in [4.78, 5) is 0. The number of nitrogens with two attached hydrogens (primary N) is 1. The molecule has 0 spiro atoms. The van der Waals surface area contributed by atoms with E-state index in [1.807, 2.05) is 0 Å². The Morgan fingerprint density at radius 2 is 2.30 bits per heavy atom. The molecule has 0 aromatic rings. The molecule has 1 aliphatic heterocycles. The number of hydrogen-bond donors (Lipinski definition) is 3. The van der Waals surface area contributed by atoms with Gasteiger partial charge in [0.25, 0.3) is 0 Å². The number of nitrogens with one attached hydrogen (secondary N) is 2. The van der Waals surface area contributed by atoms with Crippen molar-refractivity contribution in [2.24, 2.45) is 10.8 Å². The molecule has 0 aliphatic carbocycles. The molecule has 0 atom stereocenters. The van der Waals surface area contributed by atoms with Crippen LogP contribution in [0, 0.1) is 5.41 Å². The number of hydrogen-bond acceptors (Lipinski definition) is 3. The third-order valence-electron chi connectivity index (χ3n) is 1.01. The summed E-state index contributed by atoms with van der Waals surface area (Å²) in [5, 5.41) is 10.8. The first-order chi connectivity index (χ1) is 4.80. The molecule has 0 amide bonds. The van der Waals surface area contributed by atoms with Crippen LogP contribution in [0.1, 0.15) is 0 Å². The van der Waals surface area contributed by atoms with Gasteiger partial charge in [0, 0.05) is 6.21 Å². The minimum Gasteiger partial charge on any atom is -0.396 e. The highest BCUT2D eigenvalue weighted by atomic mass is 15.3. The standard InChI is InChI=1S/C6H8N4/c7-5-3-1-2-4-9-10-6(5)8/h1-4H,7H2,(H2,8,10). The first kappa shape index (κ1) is 6.54. The van der Waals surface area contributed by atoms with Crippen molar-refractivity contribution < 1.29 is 0 Å². The highest BCUT2D eigenvalue weighted by Gasteiger charge is 1.96. The molecule has 1 heterocycles. The number of rotatable bonds is 0. The van der Waals surface area contributed by atoms with Gasteiger partial charge in [0.1, 0.15) is 0 Å². The van der Waals surface area contributed by atoms with Gasteiger partial charge in [-0.15, -0.1) is 0 Å². The van der Waals surface area contributed by atoms with Crippen molar-refractivity contribution in [2.45, 2.75) is 0 Å². The highest BCUT2D eigenvalue weighted by molar-refractivity contribution is 5.96. The molecule has 1 aliphatic rings. The maximum absolute atomic E-state index is 7.18. The van der Waals surface area contributed by atoms with E-state index < -0.39 is 0 Å². The topological polar surface area (TPSA) is 74.3 Å². The zero-order chi connectivity index (χ0) is 7.40. The first-order valence-electron chi connectivity index (χ1n) is 2.81. The van der Waals surface area contributed by atoms with Crippen molar-refractivity contribution in [3.05, 3.63) is 23.9 Å². The summed E-state index contributed by atoms with van der Waals surface area (Å²) in [6.45, 7) is 0. The van der Waals surface area contributed by atoms with Gasteiger partial charge >= 0.3 is 0 Å². The summed E-state index contributed by atoms with van der Waals surface area (Å²) in [6, 6.07) is 0. The molecule has 4 N–H and O–H groups in total. The Morgan fingerprint density at radius 1 is 1.50 bits per heavy atom. The van der Waals surface area contributed by atoms with E-state index in [0.29, 0.717) is 5.70 Å². The van der Waals surface area contributed by atoms with E-state index in [1.165, 1.54) is 0 Å². The van der Waals surface area contributed by atoms with Crippen LogP contribution < -0.4 is 11.2 Å². The van der Waals surface area contributed by atoms with Crippen molar-refractivity contribution in [3.8, 4) is 0 Å². The van der Waals surface area contributed by atoms with Gasteiger partial charge in [-0.05, 0) is 12.2 Å². The predicted octanol–water partition coefficient (Wildman–Crippen LogP) is -0.0485. The Balaban J connectivity index is 2.83. The molecule has 0 radical (unpaired) electrons. The van der Waals surface area contributed by atoms with E-state index in [0.717, 1.165) is 0 Å². The highest BCUT2D eigenvalue weighted by Crippen LogP contribution is 1.87. The molecule has 0 saturated carbocycles. The Morgan fingerprint density at radius 3 is 3.10 bits per heavy atom. The van der Waals surface area contributed by atoms with Crippen LogP contribution in [0.15, 0.2) is 29.0 Å². The zero-order valence-corrected chi connectivity index (χ0v) is 5.33. The molecule has 4 nitrogen and oxygen atoms in total. The molecular formula is C6H8N4. The van der Waals surface area contributed by atoms with Gasteiger partial charge in [-0.25, -0.2) is 0 Å². The average molecular weight is 136 g/mol. The molecule has 52 valence electrons. The lowest BCUT2D eigenvalue weighted by atomic mass is 10.3. The predicted molar refractivity (Wildman–Crippen MR) is 40.8 cm³/mol. The lowest BCUT2D eigenvalue weighted by Crippen LogP contribution is -2.23. The lowest BCUT2D eigenvalue weighted by Gasteiger charge is -2.01. The van der Waals surface area contributed by atoms with Crippen LogP contribution >= 0.6 is 0 Å². The molecule has 0 saturated heterocycles. The van der Waals surface area contributed by atoms with Gasteiger partial charge in [0.2, 0.25) is 0 Å². The van der Waals surface area contributed by atoms with Crippen LogP contribution in [0.5, 0.6) is 0 Å². The van der Waals surface area contributed by atoms with E-state index in [1.54, 1.807) is 24.4 Å². The summed E-state index contributed by atoms with van der Waals surface area (Å²) < 4.78 is 0. The number of amidine groups is 1. The van der Waals surface area contributed by atoms with Crippen LogP contribution in [-0.2, 0) is 0 Å². The number of allylic oxidation sites excluding steroid dienone is 3. The number of nitrogens with zero attached hydrogens (tertiary/aromatic N) is 1. The van der Waals surface area contributed by atoms with Gasteiger partial charge < -0.3 is 5.73 Å². The van der Waals surface area contributed by atoms with Gasteiger partial charge in [0.15, 0.2) is 5.84 Å². The molecule has 0 aromatic carbocycles. The van der Waals surface area contributed by atoms with Gasteiger partial charge in [-0.3, -0.25) is 10.8 Å². The van der Waals surface area contributed by atoms with Crippen LogP contribution in [0.4, 0.5) is 0 Å². The lowest BCUT2D eigenvalue weighted by molar-refractivity contribution is 1.01. The molecule has 0 bridgehead atoms. The Kier molecular flexibility index (Phi) is 1.84. The smallest absolute Gasteiger partial charge is 0.162 e. The van der Waals surface area contributed by atoms with E-state index in [2.05, 4.69) is 10.5 Å². The van der Waals surface area contributed by atoms with Crippen LogP contribution in [0.25, 0.3) is 0 Å². The SMILES string of the molecule is N=C1N/N=C\C=C/C=C1N. The van der Waals surface area contributed by atoms with E-state index in [-0.39, 0.29) is 5.84 Å². The quantitative estimate of drug-likeness (QED) is 0.437. The van der Waals surface area contributed by atoms with E-state index in [4.69, 9.17) is 11.1 Å². The van der Waals surface area contributed by atoms with Gasteiger partial charge in [0.05, 0.1) is 5.70 Å². The van der Waals surface area contributed by atoms with Crippen LogP contribution in [-0.4, -0.2) is 12.1 Å². The maximum Gasteiger partial charge on any atom is 0.162 e. The molecular weight excluding hydrogens is 128 g/mol. The monoisotopic (exact) mass is 136 g/mol. The third kappa shape index (κ3) is 1.45. The fourth-order valence-corrected chi connectivity index (χ4v) is 0.502. The van der Waals surface area contributed by atoms with Crippen molar-refractivity contribution in [2.75, 3.05) is 0 Å². The largest absolute Gasteiger partial charge is 0.396 e. The van der Waals surface area contributed by atoms with Crippen molar-refractivity contribution in [1.29, 1.82) is 5.41 Å². The summed E-state index contributed by atoms with van der Waals surface area (Å²) in [5.74, 6) is 0.126. The molecule has 1 rings (SSSR count). The second kappa shape index (κ2) is 2.82. The van der Waals surface area contributed by atoms with E-state index in [9.17, 15) is 0 Å². The Labute approximate surface area is 58.6 Å². The molecule has 0 unspecified atom stereocenters. The number of hydrazone groups is 1. The molecule has 0 aromatic heterocycles. The van der Waals surface area contributed by atoms with Crippen molar-refractivity contribution >= 4 is 12.1 Å². The minimum atomic E-state index is 0.126. The van der Waals surface area contributed by atoms with Gasteiger partial charge in [-0.2, -0.15) is 5.10 Å². The second-order valence-corrected chi connectivity index (χ2v) is 1.77. The normalized spacial score (nSPS) is 23.6. The van der Waals surface area contributed by atoms with Crippen LogP contribution in [0.3, 0.4) is 0 Å². The average Bonchev–Trinajstić information content (AvgIpc) is 1.92. The summed E-state index contributed by atoms with van der Waals surface area (Å²) in [6.07, 6.45) is 6.65. The van der Waals surface area contributed by atoms with Gasteiger partial charge in [-0.1, -0.05) is 6.08 Å². The second-order valence-electron chi connectivity index (χ2n) is 1.77. The minimum absolute atomic E-state index is 0.126. The molecule has 10 heavy (non-hydrogen) atoms. The summed E-state index contributed by atoms with van der Waals surface area (Å²) in [7, 11) is 0. The van der Waals surface area contributed by atoms with E-state index >= 15 is 0 Å². The fraction of sp³-hybridized carbons (Fsp3) is 0. The van der Waals surface area contributed by atoms with Crippen molar-refractivity contribution in [1.82, 2.24) is 5.43 Å². The fourth-order valence-electron chi connectivity index (χ4n) is 0.502. The molecule has 4 heteroatoms. The Hall–Kier alpha value is -1.58. The zero-order valence-electron chi connectivity index (χ0n) is 5.33. The Bertz CT molecular complexity index is 224. The third-order valence-corrected chi connectivity index (χ3v) is 1.01. The first-order valence-corrected chi connectivity index (χ1v) is 2.81. The van der Waals surface area contributed by atoms with Crippen LogP contribution in [0.2, 0.25) is 0 Å². The molecule has 0 fully saturated rings. The van der Waals surface area contributed by atoms with Crippen molar-refractivity contribution in [3.63, 3.8) is 0 Å². The summed E-state index contributed by atoms with van der Waals surface area (Å²) >= 11 is 0. The summed E-state index contributed by atoms with van der Waals surface area (Å²) in [5.41, 5.74) is 8.22.